The van der Waals surface area contributed by atoms with E-state index in [9.17, 15) is 13.0 Å². The molecule has 84 valence electrons. The van der Waals surface area contributed by atoms with Gasteiger partial charge in [0.15, 0.2) is 0 Å². The summed E-state index contributed by atoms with van der Waals surface area (Å²) in [6, 6.07) is 6.42. The molecule has 0 saturated carbocycles. The van der Waals surface area contributed by atoms with Crippen molar-refractivity contribution in [2.45, 2.75) is 37.5 Å². The fourth-order valence-corrected chi connectivity index (χ4v) is 2.26. The van der Waals surface area contributed by atoms with Crippen LogP contribution in [0.25, 0.3) is 0 Å². The Morgan fingerprint density at radius 3 is 2.38 bits per heavy atom. The largest absolute Gasteiger partial charge is 1.00 e. The molecule has 0 fully saturated rings. The maximum absolute atomic E-state index is 10.9. The Labute approximate surface area is 119 Å². The zero-order chi connectivity index (χ0) is 11.3. The van der Waals surface area contributed by atoms with Gasteiger partial charge in [-0.05, 0) is 24.5 Å². The Kier molecular flexibility index (Phi) is 7.52. The van der Waals surface area contributed by atoms with E-state index in [0.29, 0.717) is 12.0 Å². The molecule has 0 aliphatic rings. The number of unbranched alkanes of at least 4 members (excludes halogenated alkanes) is 2. The van der Waals surface area contributed by atoms with Gasteiger partial charge in [-0.25, -0.2) is 8.42 Å². The third kappa shape index (κ3) is 4.97. The van der Waals surface area contributed by atoms with Gasteiger partial charge in [0.05, 0.1) is 4.90 Å². The zero-order valence-corrected chi connectivity index (χ0v) is 12.6. The Morgan fingerprint density at radius 2 is 1.81 bits per heavy atom. The molecule has 0 N–H and O–H groups in total. The number of aryl methyl sites for hydroxylation is 1. The summed E-state index contributed by atoms with van der Waals surface area (Å²) < 4.78 is 32.8. The minimum atomic E-state index is -4.32. The smallest absolute Gasteiger partial charge is 0.744 e. The first kappa shape index (κ1) is 16.1. The van der Waals surface area contributed by atoms with Crippen LogP contribution in [-0.4, -0.2) is 13.0 Å². The monoisotopic (exact) mass is 250 g/mol. The molecule has 3 nitrogen and oxygen atoms in total. The van der Waals surface area contributed by atoms with Crippen molar-refractivity contribution in [1.82, 2.24) is 0 Å². The van der Waals surface area contributed by atoms with Crippen LogP contribution in [0.1, 0.15) is 31.7 Å². The van der Waals surface area contributed by atoms with Crippen LogP contribution in [-0.2, 0) is 16.5 Å². The summed E-state index contributed by atoms with van der Waals surface area (Å²) >= 11 is 0. The second-order valence-corrected chi connectivity index (χ2v) is 4.87. The van der Waals surface area contributed by atoms with Crippen molar-refractivity contribution in [3.05, 3.63) is 29.8 Å². The maximum atomic E-state index is 10.9. The predicted octanol–water partition coefficient (Wildman–Crippen LogP) is -0.673. The minimum Gasteiger partial charge on any atom is -0.744 e. The van der Waals surface area contributed by atoms with E-state index in [-0.39, 0.29) is 34.5 Å². The van der Waals surface area contributed by atoms with Crippen LogP contribution in [0.15, 0.2) is 29.2 Å². The second-order valence-electron chi connectivity index (χ2n) is 3.52. The van der Waals surface area contributed by atoms with Crippen molar-refractivity contribution in [2.24, 2.45) is 0 Å². The molecule has 0 aliphatic heterocycles. The molecule has 16 heavy (non-hydrogen) atoms. The summed E-state index contributed by atoms with van der Waals surface area (Å²) in [5.41, 5.74) is 0.640. The van der Waals surface area contributed by atoms with Gasteiger partial charge >= 0.3 is 29.6 Å². The van der Waals surface area contributed by atoms with E-state index in [1.165, 1.54) is 6.07 Å². The second kappa shape index (κ2) is 7.45. The third-order valence-corrected chi connectivity index (χ3v) is 3.23. The Morgan fingerprint density at radius 1 is 1.19 bits per heavy atom. The molecule has 0 bridgehead atoms. The van der Waals surface area contributed by atoms with Gasteiger partial charge in [-0.15, -0.1) is 0 Å². The van der Waals surface area contributed by atoms with Crippen LogP contribution in [0.4, 0.5) is 0 Å². The van der Waals surface area contributed by atoms with Gasteiger partial charge in [-0.1, -0.05) is 38.0 Å². The summed E-state index contributed by atoms with van der Waals surface area (Å²) in [7, 11) is -4.32. The topological polar surface area (TPSA) is 57.2 Å². The summed E-state index contributed by atoms with van der Waals surface area (Å²) in [6.07, 6.45) is 3.70. The third-order valence-electron chi connectivity index (χ3n) is 2.29. The van der Waals surface area contributed by atoms with Gasteiger partial charge in [-0.2, -0.15) is 0 Å². The molecule has 0 saturated heterocycles. The molecule has 1 aromatic carbocycles. The van der Waals surface area contributed by atoms with Crippen molar-refractivity contribution < 1.29 is 42.5 Å². The van der Waals surface area contributed by atoms with E-state index in [1.807, 2.05) is 0 Å². The minimum absolute atomic E-state index is 0. The Hall–Kier alpha value is 0.130. The molecule has 0 aliphatic carbocycles. The van der Waals surface area contributed by atoms with E-state index >= 15 is 0 Å². The first-order chi connectivity index (χ1) is 7.05. The molecule has 0 heterocycles. The summed E-state index contributed by atoms with van der Waals surface area (Å²) in [6.45, 7) is 2.08. The maximum Gasteiger partial charge on any atom is 1.00 e. The van der Waals surface area contributed by atoms with Crippen LogP contribution >= 0.6 is 0 Å². The zero-order valence-electron chi connectivity index (χ0n) is 9.77. The van der Waals surface area contributed by atoms with Gasteiger partial charge in [0.25, 0.3) is 0 Å². The van der Waals surface area contributed by atoms with Crippen LogP contribution in [0, 0.1) is 0 Å². The number of hydrogen-bond donors (Lipinski definition) is 0. The Bertz CT molecular complexity index is 415. The summed E-state index contributed by atoms with van der Waals surface area (Å²) in [5.74, 6) is 0. The molecule has 0 atom stereocenters. The molecule has 0 unspecified atom stereocenters. The normalized spacial score (nSPS) is 10.9. The molecule has 0 radical (unpaired) electrons. The van der Waals surface area contributed by atoms with Crippen LogP contribution in [0.3, 0.4) is 0 Å². The summed E-state index contributed by atoms with van der Waals surface area (Å²) in [5, 5.41) is 0. The Balaban J connectivity index is 0.00000225. The van der Waals surface area contributed by atoms with Crippen molar-refractivity contribution in [3.63, 3.8) is 0 Å². The summed E-state index contributed by atoms with van der Waals surface area (Å²) in [4.78, 5) is -0.0684. The molecular weight excluding hydrogens is 235 g/mol. The van der Waals surface area contributed by atoms with Crippen LogP contribution in [0.5, 0.6) is 0 Å². The SMILES string of the molecule is CCCCCc1ccccc1S(=O)(=O)[O-].[Na+]. The quantitative estimate of drug-likeness (QED) is 0.395. The molecule has 0 spiro atoms. The fraction of sp³-hybridized carbons (Fsp3) is 0.455. The molecule has 5 heteroatoms. The predicted molar refractivity (Wildman–Crippen MR) is 57.6 cm³/mol. The van der Waals surface area contributed by atoms with Crippen molar-refractivity contribution in [2.75, 3.05) is 0 Å². The van der Waals surface area contributed by atoms with Crippen LogP contribution in [0.2, 0.25) is 0 Å². The van der Waals surface area contributed by atoms with Gasteiger partial charge in [0, 0.05) is 0 Å². The molecular formula is C11H15NaO3S. The average molecular weight is 250 g/mol. The van der Waals surface area contributed by atoms with Gasteiger partial charge in [0.2, 0.25) is 0 Å². The van der Waals surface area contributed by atoms with E-state index < -0.39 is 10.1 Å². The molecule has 1 rings (SSSR count). The molecule has 0 amide bonds. The number of rotatable bonds is 5. The molecule has 1 aromatic rings. The van der Waals surface area contributed by atoms with E-state index in [0.717, 1.165) is 19.3 Å². The van der Waals surface area contributed by atoms with E-state index in [2.05, 4.69) is 6.92 Å². The van der Waals surface area contributed by atoms with Crippen molar-refractivity contribution in [1.29, 1.82) is 0 Å². The van der Waals surface area contributed by atoms with Gasteiger partial charge in [0.1, 0.15) is 10.1 Å². The van der Waals surface area contributed by atoms with Gasteiger partial charge in [-0.3, -0.25) is 0 Å². The number of hydrogen-bond acceptors (Lipinski definition) is 3. The van der Waals surface area contributed by atoms with Crippen molar-refractivity contribution in [3.8, 4) is 0 Å². The van der Waals surface area contributed by atoms with E-state index in [4.69, 9.17) is 0 Å². The average Bonchev–Trinajstić information content (AvgIpc) is 2.17. The van der Waals surface area contributed by atoms with Crippen LogP contribution < -0.4 is 29.6 Å². The van der Waals surface area contributed by atoms with Crippen molar-refractivity contribution >= 4 is 10.1 Å². The van der Waals surface area contributed by atoms with Gasteiger partial charge < -0.3 is 4.55 Å². The fourth-order valence-electron chi connectivity index (χ4n) is 1.52. The standard InChI is InChI=1S/C11H16O3S.Na/c1-2-3-4-7-10-8-5-6-9-11(10)15(12,13)14;/h5-6,8-9H,2-4,7H2,1H3,(H,12,13,14);/q;+1/p-1. The first-order valence-corrected chi connectivity index (χ1v) is 6.50. The first-order valence-electron chi connectivity index (χ1n) is 5.09. The number of benzene rings is 1. The molecule has 0 aromatic heterocycles. The van der Waals surface area contributed by atoms with E-state index in [1.54, 1.807) is 18.2 Å².